The van der Waals surface area contributed by atoms with Gasteiger partial charge < -0.3 is 15.2 Å². The molecule has 18 heavy (non-hydrogen) atoms. The fraction of sp³-hybridized carbons (Fsp3) is 0.692. The largest absolute Gasteiger partial charge is 0.480 e. The Labute approximate surface area is 106 Å². The van der Waals surface area contributed by atoms with Gasteiger partial charge in [0.2, 0.25) is 0 Å². The van der Waals surface area contributed by atoms with Crippen LogP contribution in [0.25, 0.3) is 0 Å². The summed E-state index contributed by atoms with van der Waals surface area (Å²) in [6.45, 7) is 3.52. The first-order valence-electron chi connectivity index (χ1n) is 6.36. The van der Waals surface area contributed by atoms with Gasteiger partial charge in [0.1, 0.15) is 12.1 Å². The van der Waals surface area contributed by atoms with Crippen molar-refractivity contribution in [3.05, 3.63) is 12.7 Å². The zero-order valence-corrected chi connectivity index (χ0v) is 10.4. The minimum absolute atomic E-state index is 0.0909. The number of hydrogen-bond donors (Lipinski definition) is 2. The van der Waals surface area contributed by atoms with E-state index in [0.717, 1.165) is 0 Å². The number of rotatable bonds is 5. The van der Waals surface area contributed by atoms with Gasteiger partial charge in [0.05, 0.1) is 0 Å². The van der Waals surface area contributed by atoms with Gasteiger partial charge in [-0.2, -0.15) is 0 Å². The Bertz CT molecular complexity index is 356. The topological polar surface area (TPSA) is 75.6 Å². The number of carboxylic acid groups (broad SMARTS) is 1. The lowest BCUT2D eigenvalue weighted by molar-refractivity contribution is -0.153. The van der Waals surface area contributed by atoms with Crippen LogP contribution in [-0.4, -0.2) is 29.3 Å². The van der Waals surface area contributed by atoms with Gasteiger partial charge >= 0.3 is 12.1 Å². The molecule has 2 aliphatic rings. The highest BCUT2D eigenvalue weighted by Crippen LogP contribution is 2.49. The Hall–Kier alpha value is -1.52. The zero-order chi connectivity index (χ0) is 13.2. The van der Waals surface area contributed by atoms with E-state index in [0.29, 0.717) is 24.7 Å². The van der Waals surface area contributed by atoms with Crippen LogP contribution in [0.1, 0.15) is 32.1 Å². The van der Waals surface area contributed by atoms with Gasteiger partial charge in [-0.3, -0.25) is 0 Å². The van der Waals surface area contributed by atoms with Gasteiger partial charge in [0, 0.05) is 0 Å². The molecule has 1 amide bonds. The molecule has 2 rings (SSSR count). The summed E-state index contributed by atoms with van der Waals surface area (Å²) in [7, 11) is 0. The lowest BCUT2D eigenvalue weighted by atomic mass is 9.58. The van der Waals surface area contributed by atoms with Crippen molar-refractivity contribution >= 4 is 12.1 Å². The molecule has 0 saturated heterocycles. The predicted octanol–water partition coefficient (Wildman–Crippen LogP) is 1.93. The number of amides is 1. The van der Waals surface area contributed by atoms with Crippen LogP contribution in [0.3, 0.4) is 0 Å². The van der Waals surface area contributed by atoms with Gasteiger partial charge in [-0.25, -0.2) is 9.59 Å². The average Bonchev–Trinajstić information content (AvgIpc) is 2.19. The Kier molecular flexibility index (Phi) is 3.59. The molecule has 0 aliphatic heterocycles. The van der Waals surface area contributed by atoms with Crippen LogP contribution in [0.5, 0.6) is 0 Å². The van der Waals surface area contributed by atoms with E-state index >= 15 is 0 Å². The monoisotopic (exact) mass is 253 g/mol. The maximum Gasteiger partial charge on any atom is 0.408 e. The summed E-state index contributed by atoms with van der Waals surface area (Å²) in [4.78, 5) is 22.7. The second kappa shape index (κ2) is 5.00. The summed E-state index contributed by atoms with van der Waals surface area (Å²) < 4.78 is 4.78. The fourth-order valence-corrected chi connectivity index (χ4v) is 2.78. The van der Waals surface area contributed by atoms with Crippen molar-refractivity contribution in [1.29, 1.82) is 0 Å². The number of carboxylic acids is 1. The molecule has 5 heteroatoms. The van der Waals surface area contributed by atoms with Crippen molar-refractivity contribution in [2.45, 2.75) is 37.6 Å². The molecule has 0 bridgehead atoms. The van der Waals surface area contributed by atoms with Crippen molar-refractivity contribution < 1.29 is 19.4 Å². The summed E-state index contributed by atoms with van der Waals surface area (Å²) in [6, 6.07) is 0. The van der Waals surface area contributed by atoms with Gasteiger partial charge in [-0.15, -0.1) is 0 Å². The molecule has 0 unspecified atom stereocenters. The van der Waals surface area contributed by atoms with Crippen molar-refractivity contribution in [2.75, 3.05) is 6.61 Å². The summed E-state index contributed by atoms with van der Waals surface area (Å²) in [6.07, 6.45) is 5.46. The third-order valence-corrected chi connectivity index (χ3v) is 4.12. The number of aliphatic carboxylic acids is 1. The number of alkyl carbamates (subject to hydrolysis) is 1. The molecule has 0 aromatic heterocycles. The van der Waals surface area contributed by atoms with E-state index in [2.05, 4.69) is 11.9 Å². The minimum Gasteiger partial charge on any atom is -0.480 e. The molecule has 2 saturated carbocycles. The normalized spacial score (nSPS) is 30.8. The van der Waals surface area contributed by atoms with E-state index in [-0.39, 0.29) is 6.61 Å². The van der Waals surface area contributed by atoms with Crippen molar-refractivity contribution in [2.24, 2.45) is 11.8 Å². The molecule has 2 N–H and O–H groups in total. The van der Waals surface area contributed by atoms with E-state index in [9.17, 15) is 14.7 Å². The summed E-state index contributed by atoms with van der Waals surface area (Å²) in [5.41, 5.74) is -1.11. The Balaban J connectivity index is 1.87. The molecule has 100 valence electrons. The minimum atomic E-state index is -1.11. The van der Waals surface area contributed by atoms with Crippen LogP contribution in [0.2, 0.25) is 0 Å². The molecule has 0 spiro atoms. The number of carbonyl (C=O) groups excluding carboxylic acids is 1. The molecule has 0 heterocycles. The summed E-state index contributed by atoms with van der Waals surface area (Å²) in [5, 5.41) is 11.7. The summed E-state index contributed by atoms with van der Waals surface area (Å²) >= 11 is 0. The van der Waals surface area contributed by atoms with Crippen LogP contribution in [0.4, 0.5) is 4.79 Å². The fourth-order valence-electron chi connectivity index (χ4n) is 2.78. The summed E-state index contributed by atoms with van der Waals surface area (Å²) in [5.74, 6) is 0.131. The number of carbonyl (C=O) groups is 2. The van der Waals surface area contributed by atoms with E-state index in [1.165, 1.54) is 25.3 Å². The second-order valence-corrected chi connectivity index (χ2v) is 5.26. The molecule has 0 radical (unpaired) electrons. The van der Waals surface area contributed by atoms with Crippen LogP contribution >= 0.6 is 0 Å². The Morgan fingerprint density at radius 1 is 1.39 bits per heavy atom. The van der Waals surface area contributed by atoms with E-state index in [1.807, 2.05) is 0 Å². The molecular formula is C13H19NO4. The maximum atomic E-state index is 11.4. The third-order valence-electron chi connectivity index (χ3n) is 4.12. The quantitative estimate of drug-likeness (QED) is 0.734. The van der Waals surface area contributed by atoms with Gasteiger partial charge in [0.15, 0.2) is 0 Å². The first-order chi connectivity index (χ1) is 8.57. The van der Waals surface area contributed by atoms with E-state index in [4.69, 9.17) is 4.74 Å². The molecular weight excluding hydrogens is 234 g/mol. The van der Waals surface area contributed by atoms with Crippen LogP contribution in [0.15, 0.2) is 12.7 Å². The molecule has 0 aromatic rings. The smallest absolute Gasteiger partial charge is 0.408 e. The molecule has 0 aromatic carbocycles. The number of hydrogen-bond acceptors (Lipinski definition) is 3. The van der Waals surface area contributed by atoms with Gasteiger partial charge in [0.25, 0.3) is 0 Å². The lowest BCUT2D eigenvalue weighted by Crippen LogP contribution is -2.64. The van der Waals surface area contributed by atoms with Crippen molar-refractivity contribution in [3.8, 4) is 0 Å². The molecule has 5 nitrogen and oxygen atoms in total. The van der Waals surface area contributed by atoms with Crippen molar-refractivity contribution in [3.63, 3.8) is 0 Å². The first kappa shape index (κ1) is 12.9. The van der Waals surface area contributed by atoms with E-state index < -0.39 is 17.6 Å². The third kappa shape index (κ3) is 2.35. The van der Waals surface area contributed by atoms with Crippen LogP contribution < -0.4 is 5.32 Å². The van der Waals surface area contributed by atoms with Crippen molar-refractivity contribution in [1.82, 2.24) is 5.32 Å². The SMILES string of the molecule is C=CCOC(=O)NC1(C(=O)O)CC(C2CCC2)C1. The van der Waals surface area contributed by atoms with Gasteiger partial charge in [-0.05, 0) is 24.7 Å². The van der Waals surface area contributed by atoms with Gasteiger partial charge in [-0.1, -0.05) is 31.9 Å². The van der Waals surface area contributed by atoms with Crippen LogP contribution in [0, 0.1) is 11.8 Å². The van der Waals surface area contributed by atoms with Crippen LogP contribution in [-0.2, 0) is 9.53 Å². The molecule has 0 atom stereocenters. The average molecular weight is 253 g/mol. The second-order valence-electron chi connectivity index (χ2n) is 5.26. The first-order valence-corrected chi connectivity index (χ1v) is 6.36. The van der Waals surface area contributed by atoms with E-state index in [1.54, 1.807) is 0 Å². The number of nitrogens with one attached hydrogen (secondary N) is 1. The zero-order valence-electron chi connectivity index (χ0n) is 10.4. The standard InChI is InChI=1S/C13H19NO4/c1-2-6-18-12(17)14-13(11(15)16)7-10(8-13)9-4-3-5-9/h2,9-10H,1,3-8H2,(H,14,17)(H,15,16). The highest BCUT2D eigenvalue weighted by molar-refractivity contribution is 5.85. The molecule has 2 fully saturated rings. The lowest BCUT2D eigenvalue weighted by Gasteiger charge is -2.49. The maximum absolute atomic E-state index is 11.4. The Morgan fingerprint density at radius 2 is 2.06 bits per heavy atom. The predicted molar refractivity (Wildman–Crippen MR) is 65.1 cm³/mol. The Morgan fingerprint density at radius 3 is 2.50 bits per heavy atom. The molecule has 2 aliphatic carbocycles. The highest BCUT2D eigenvalue weighted by atomic mass is 16.5. The number of ether oxygens (including phenoxy) is 1. The highest BCUT2D eigenvalue weighted by Gasteiger charge is 2.54.